The van der Waals surface area contributed by atoms with Crippen molar-refractivity contribution in [2.45, 2.75) is 25.5 Å². The molecule has 23 heavy (non-hydrogen) atoms. The summed E-state index contributed by atoms with van der Waals surface area (Å²) in [7, 11) is 0. The predicted octanol–water partition coefficient (Wildman–Crippen LogP) is 1.70. The molecule has 1 aliphatic heterocycles. The summed E-state index contributed by atoms with van der Waals surface area (Å²) in [5.41, 5.74) is 0.950. The van der Waals surface area contributed by atoms with Gasteiger partial charge in [0.05, 0.1) is 12.6 Å². The van der Waals surface area contributed by atoms with Crippen molar-refractivity contribution in [1.29, 1.82) is 0 Å². The van der Waals surface area contributed by atoms with Crippen LogP contribution < -0.4 is 5.32 Å². The van der Waals surface area contributed by atoms with Crippen molar-refractivity contribution in [3.8, 4) is 0 Å². The average molecular weight is 318 g/mol. The van der Waals surface area contributed by atoms with Gasteiger partial charge in [-0.15, -0.1) is 0 Å². The Labute approximate surface area is 133 Å². The Balaban J connectivity index is 1.48. The number of nitrogens with zero attached hydrogens (tertiary/aromatic N) is 3. The number of benzene rings is 1. The second-order valence-corrected chi connectivity index (χ2v) is 5.60. The van der Waals surface area contributed by atoms with Crippen LogP contribution in [0, 0.1) is 11.7 Å². The SMILES string of the molecule is O=C(CCn1cncn1)NC[C@@H]1CCO[C@H]1c1ccc(F)cc1. The minimum Gasteiger partial charge on any atom is -0.373 e. The fraction of sp³-hybridized carbons (Fsp3) is 0.438. The van der Waals surface area contributed by atoms with E-state index >= 15 is 0 Å². The lowest BCUT2D eigenvalue weighted by atomic mass is 9.95. The predicted molar refractivity (Wildman–Crippen MR) is 80.8 cm³/mol. The smallest absolute Gasteiger partial charge is 0.221 e. The highest BCUT2D eigenvalue weighted by Crippen LogP contribution is 2.34. The maximum absolute atomic E-state index is 13.0. The molecule has 2 heterocycles. The van der Waals surface area contributed by atoms with Gasteiger partial charge in [0.15, 0.2) is 0 Å². The van der Waals surface area contributed by atoms with Crippen LogP contribution in [0.4, 0.5) is 4.39 Å². The quantitative estimate of drug-likeness (QED) is 0.880. The number of nitrogens with one attached hydrogen (secondary N) is 1. The van der Waals surface area contributed by atoms with Crippen LogP contribution in [0.2, 0.25) is 0 Å². The van der Waals surface area contributed by atoms with Crippen LogP contribution in [0.5, 0.6) is 0 Å². The number of carbonyl (C=O) groups is 1. The highest BCUT2D eigenvalue weighted by atomic mass is 19.1. The van der Waals surface area contributed by atoms with Gasteiger partial charge < -0.3 is 10.1 Å². The van der Waals surface area contributed by atoms with Gasteiger partial charge in [0.2, 0.25) is 5.91 Å². The van der Waals surface area contributed by atoms with Gasteiger partial charge in [-0.2, -0.15) is 5.10 Å². The zero-order valence-corrected chi connectivity index (χ0v) is 12.7. The van der Waals surface area contributed by atoms with Crippen molar-refractivity contribution >= 4 is 5.91 Å². The maximum atomic E-state index is 13.0. The van der Waals surface area contributed by atoms with Crippen molar-refractivity contribution in [2.24, 2.45) is 5.92 Å². The van der Waals surface area contributed by atoms with Gasteiger partial charge in [0.25, 0.3) is 0 Å². The first kappa shape index (κ1) is 15.6. The molecule has 2 aromatic rings. The number of aromatic nitrogens is 3. The average Bonchev–Trinajstić information content (AvgIpc) is 3.23. The first-order valence-electron chi connectivity index (χ1n) is 7.68. The summed E-state index contributed by atoms with van der Waals surface area (Å²) in [6.45, 7) is 1.72. The fourth-order valence-corrected chi connectivity index (χ4v) is 2.76. The second-order valence-electron chi connectivity index (χ2n) is 5.60. The summed E-state index contributed by atoms with van der Waals surface area (Å²) in [4.78, 5) is 15.8. The van der Waals surface area contributed by atoms with Crippen molar-refractivity contribution in [1.82, 2.24) is 20.1 Å². The fourth-order valence-electron chi connectivity index (χ4n) is 2.76. The molecule has 1 aromatic carbocycles. The summed E-state index contributed by atoms with van der Waals surface area (Å²) in [5.74, 6) is -0.0780. The number of carbonyl (C=O) groups excluding carboxylic acids is 1. The van der Waals surface area contributed by atoms with E-state index in [1.807, 2.05) is 0 Å². The molecule has 122 valence electrons. The van der Waals surface area contributed by atoms with E-state index in [9.17, 15) is 9.18 Å². The standard InChI is InChI=1S/C16H19FN4O2/c17-14-3-1-12(2-4-14)16-13(6-8-23-16)9-19-15(22)5-7-21-11-18-10-20-21/h1-4,10-11,13,16H,5-9H2,(H,19,22)/t13-,16-/m0/s1. The van der Waals surface area contributed by atoms with Gasteiger partial charge in [-0.3, -0.25) is 9.48 Å². The van der Waals surface area contributed by atoms with Crippen LogP contribution in [-0.2, 0) is 16.1 Å². The molecule has 1 aliphatic rings. The lowest BCUT2D eigenvalue weighted by Gasteiger charge is -2.19. The van der Waals surface area contributed by atoms with Gasteiger partial charge >= 0.3 is 0 Å². The second kappa shape index (κ2) is 7.32. The monoisotopic (exact) mass is 318 g/mol. The summed E-state index contributed by atoms with van der Waals surface area (Å²) < 4.78 is 20.4. The number of ether oxygens (including phenoxy) is 1. The highest BCUT2D eigenvalue weighted by Gasteiger charge is 2.29. The molecule has 3 rings (SSSR count). The van der Waals surface area contributed by atoms with Crippen molar-refractivity contribution in [3.05, 3.63) is 48.3 Å². The zero-order chi connectivity index (χ0) is 16.1. The molecule has 1 N–H and O–H groups in total. The number of halogens is 1. The Hall–Kier alpha value is -2.28. The van der Waals surface area contributed by atoms with Crippen LogP contribution in [0.25, 0.3) is 0 Å². The Bertz CT molecular complexity index is 630. The molecule has 1 saturated heterocycles. The molecule has 6 nitrogen and oxygen atoms in total. The summed E-state index contributed by atoms with van der Waals surface area (Å²) in [6.07, 6.45) is 4.18. The Kier molecular flexibility index (Phi) is 4.97. The molecule has 0 saturated carbocycles. The van der Waals surface area contributed by atoms with Gasteiger partial charge in [0, 0.05) is 25.5 Å². The third-order valence-electron chi connectivity index (χ3n) is 4.01. The van der Waals surface area contributed by atoms with Gasteiger partial charge in [-0.25, -0.2) is 9.37 Å². The van der Waals surface area contributed by atoms with Gasteiger partial charge in [0.1, 0.15) is 18.5 Å². The lowest BCUT2D eigenvalue weighted by molar-refractivity contribution is -0.121. The van der Waals surface area contributed by atoms with Crippen LogP contribution in [0.1, 0.15) is 24.5 Å². The van der Waals surface area contributed by atoms with E-state index in [0.29, 0.717) is 26.1 Å². The van der Waals surface area contributed by atoms with Crippen LogP contribution in [0.3, 0.4) is 0 Å². The summed E-state index contributed by atoms with van der Waals surface area (Å²) in [6, 6.07) is 6.35. The number of hydrogen-bond donors (Lipinski definition) is 1. The maximum Gasteiger partial charge on any atom is 0.221 e. The molecule has 1 fully saturated rings. The zero-order valence-electron chi connectivity index (χ0n) is 12.7. The topological polar surface area (TPSA) is 69.0 Å². The van der Waals surface area contributed by atoms with E-state index in [1.54, 1.807) is 23.1 Å². The van der Waals surface area contributed by atoms with Gasteiger partial charge in [-0.1, -0.05) is 12.1 Å². The third-order valence-corrected chi connectivity index (χ3v) is 4.01. The molecule has 2 atom stereocenters. The van der Waals surface area contributed by atoms with E-state index in [0.717, 1.165) is 12.0 Å². The van der Waals surface area contributed by atoms with Gasteiger partial charge in [-0.05, 0) is 24.1 Å². The third kappa shape index (κ3) is 4.13. The highest BCUT2D eigenvalue weighted by molar-refractivity contribution is 5.75. The first-order chi connectivity index (χ1) is 11.2. The molecule has 0 unspecified atom stereocenters. The summed E-state index contributed by atoms with van der Waals surface area (Å²) in [5, 5.41) is 6.90. The number of hydrogen-bond acceptors (Lipinski definition) is 4. The molecule has 0 radical (unpaired) electrons. The van der Waals surface area contributed by atoms with Crippen molar-refractivity contribution < 1.29 is 13.9 Å². The summed E-state index contributed by atoms with van der Waals surface area (Å²) >= 11 is 0. The number of rotatable bonds is 6. The molecule has 0 aliphatic carbocycles. The Morgan fingerprint density at radius 2 is 2.22 bits per heavy atom. The largest absolute Gasteiger partial charge is 0.373 e. The van der Waals surface area contributed by atoms with E-state index in [2.05, 4.69) is 15.4 Å². The Morgan fingerprint density at radius 1 is 1.39 bits per heavy atom. The normalized spacial score (nSPS) is 20.6. The number of amides is 1. The first-order valence-corrected chi connectivity index (χ1v) is 7.68. The minimum absolute atomic E-state index is 0.0229. The van der Waals surface area contributed by atoms with Crippen molar-refractivity contribution in [3.63, 3.8) is 0 Å². The molecular formula is C16H19FN4O2. The molecule has 0 spiro atoms. The molecule has 0 bridgehead atoms. The lowest BCUT2D eigenvalue weighted by Crippen LogP contribution is -2.31. The molecule has 7 heteroatoms. The van der Waals surface area contributed by atoms with Crippen LogP contribution in [-0.4, -0.2) is 33.8 Å². The van der Waals surface area contributed by atoms with E-state index in [4.69, 9.17) is 4.74 Å². The minimum atomic E-state index is -0.260. The van der Waals surface area contributed by atoms with Crippen molar-refractivity contribution in [2.75, 3.05) is 13.2 Å². The van der Waals surface area contributed by atoms with Crippen LogP contribution in [0.15, 0.2) is 36.9 Å². The van der Waals surface area contributed by atoms with Crippen LogP contribution >= 0.6 is 0 Å². The van der Waals surface area contributed by atoms with E-state index in [1.165, 1.54) is 18.5 Å². The molecular weight excluding hydrogens is 299 g/mol. The molecule has 1 amide bonds. The molecule has 1 aromatic heterocycles. The Morgan fingerprint density at radius 3 is 2.96 bits per heavy atom. The van der Waals surface area contributed by atoms with E-state index < -0.39 is 0 Å². The number of aryl methyl sites for hydroxylation is 1. The van der Waals surface area contributed by atoms with E-state index in [-0.39, 0.29) is 23.7 Å².